The molecule has 0 amide bonds. The number of rotatable bonds is 11. The summed E-state index contributed by atoms with van der Waals surface area (Å²) in [5.41, 5.74) is 0.481. The largest absolute Gasteiger partial charge is 0.469 e. The summed E-state index contributed by atoms with van der Waals surface area (Å²) >= 11 is 1.73. The quantitative estimate of drug-likeness (QED) is 0.167. The van der Waals surface area contributed by atoms with E-state index >= 15 is 0 Å². The summed E-state index contributed by atoms with van der Waals surface area (Å²) in [6.45, 7) is 14.5. The van der Waals surface area contributed by atoms with E-state index in [0.717, 1.165) is 12.1 Å². The van der Waals surface area contributed by atoms with Crippen LogP contribution < -0.4 is 0 Å². The van der Waals surface area contributed by atoms with Gasteiger partial charge in [-0.15, -0.1) is 5.10 Å². The van der Waals surface area contributed by atoms with E-state index in [1.807, 2.05) is 0 Å². The minimum absolute atomic E-state index is 0.0365. The molecule has 5 atom stereocenters. The van der Waals surface area contributed by atoms with Crippen LogP contribution in [0.25, 0.3) is 11.3 Å². The van der Waals surface area contributed by atoms with Crippen LogP contribution in [-0.4, -0.2) is 72.1 Å². The van der Waals surface area contributed by atoms with Gasteiger partial charge in [0.05, 0.1) is 19.7 Å². The van der Waals surface area contributed by atoms with Gasteiger partial charge in [0.2, 0.25) is 0 Å². The molecule has 14 heteroatoms. The second-order valence-corrected chi connectivity index (χ2v) is 20.1. The highest BCUT2D eigenvalue weighted by atomic mass is 32.4. The third kappa shape index (κ3) is 6.86. The summed E-state index contributed by atoms with van der Waals surface area (Å²) in [4.78, 5) is 24.8. The van der Waals surface area contributed by atoms with Crippen molar-refractivity contribution in [2.45, 2.75) is 101 Å². The molecule has 9 nitrogen and oxygen atoms in total. The minimum atomic E-state index is -2.18. The maximum absolute atomic E-state index is 14.0. The second kappa shape index (κ2) is 13.9. The summed E-state index contributed by atoms with van der Waals surface area (Å²) in [5, 5.41) is 8.28. The molecule has 0 unspecified atom stereocenters. The zero-order chi connectivity index (χ0) is 31.5. The SMILES string of the molecule is COC(=O)C[C@H]1O[C@@H](S[Si](C(C)C)(C(C)C)C(C)C)[C@H](OC)[C@@H](n2cc(-c3cc(F)c(F)c(F)c3)nn2)[C@H]1OC(C)=O. The Labute approximate surface area is 249 Å². The number of carbonyl (C=O) groups is 2. The summed E-state index contributed by atoms with van der Waals surface area (Å²) in [6, 6.07) is 0.788. The van der Waals surface area contributed by atoms with Crippen LogP contribution in [0.1, 0.15) is 60.9 Å². The fraction of sp³-hybridized carbons (Fsp3) is 0.643. The van der Waals surface area contributed by atoms with E-state index in [0.29, 0.717) is 16.6 Å². The first-order valence-electron chi connectivity index (χ1n) is 13.8. The molecule has 0 saturated carbocycles. The van der Waals surface area contributed by atoms with Crippen molar-refractivity contribution in [1.29, 1.82) is 0 Å². The minimum Gasteiger partial charge on any atom is -0.469 e. The summed E-state index contributed by atoms with van der Waals surface area (Å²) < 4.78 is 66.3. The van der Waals surface area contributed by atoms with Crippen molar-refractivity contribution in [2.24, 2.45) is 0 Å². The Morgan fingerprint density at radius 1 is 1.02 bits per heavy atom. The maximum Gasteiger partial charge on any atom is 0.308 e. The molecular formula is C28H40F3N3O6SSi. The third-order valence-electron chi connectivity index (χ3n) is 7.91. The molecule has 234 valence electrons. The van der Waals surface area contributed by atoms with Crippen molar-refractivity contribution < 1.29 is 41.7 Å². The van der Waals surface area contributed by atoms with Crippen molar-refractivity contribution in [3.8, 4) is 11.3 Å². The summed E-state index contributed by atoms with van der Waals surface area (Å²) in [6.07, 6.45) is -1.53. The predicted molar refractivity (Wildman–Crippen MR) is 155 cm³/mol. The topological polar surface area (TPSA) is 102 Å². The van der Waals surface area contributed by atoms with E-state index < -0.39 is 66.4 Å². The first-order valence-corrected chi connectivity index (χ1v) is 17.7. The molecule has 3 rings (SSSR count). The summed E-state index contributed by atoms with van der Waals surface area (Å²) in [7, 11) is 0.585. The summed E-state index contributed by atoms with van der Waals surface area (Å²) in [5.74, 6) is -5.52. The molecule has 1 saturated heterocycles. The van der Waals surface area contributed by atoms with Gasteiger partial charge in [-0.2, -0.15) is 11.2 Å². The Kier molecular flexibility index (Phi) is 11.3. The molecule has 1 aliphatic heterocycles. The van der Waals surface area contributed by atoms with Gasteiger partial charge in [0.25, 0.3) is 0 Å². The van der Waals surface area contributed by atoms with Gasteiger partial charge in [-0.1, -0.05) is 46.8 Å². The van der Waals surface area contributed by atoms with Crippen molar-refractivity contribution >= 4 is 30.4 Å². The number of hydrogen-bond donors (Lipinski definition) is 0. The van der Waals surface area contributed by atoms with Crippen LogP contribution in [0.2, 0.25) is 16.6 Å². The molecule has 1 aromatic carbocycles. The lowest BCUT2D eigenvalue weighted by molar-refractivity contribution is -0.202. The average Bonchev–Trinajstić information content (AvgIpc) is 3.39. The van der Waals surface area contributed by atoms with Crippen LogP contribution in [0.3, 0.4) is 0 Å². The van der Waals surface area contributed by atoms with Crippen molar-refractivity contribution in [3.63, 3.8) is 0 Å². The van der Waals surface area contributed by atoms with E-state index in [1.165, 1.54) is 32.0 Å². The molecule has 42 heavy (non-hydrogen) atoms. The van der Waals surface area contributed by atoms with Gasteiger partial charge in [-0.05, 0) is 28.8 Å². The highest BCUT2D eigenvalue weighted by molar-refractivity contribution is 8.29. The fourth-order valence-electron chi connectivity index (χ4n) is 6.16. The number of aromatic nitrogens is 3. The Morgan fingerprint density at radius 3 is 2.07 bits per heavy atom. The maximum atomic E-state index is 14.0. The highest BCUT2D eigenvalue weighted by Gasteiger charge is 2.55. The lowest BCUT2D eigenvalue weighted by Crippen LogP contribution is -2.58. The van der Waals surface area contributed by atoms with E-state index in [-0.39, 0.29) is 17.7 Å². The van der Waals surface area contributed by atoms with Crippen LogP contribution in [0.5, 0.6) is 0 Å². The molecule has 1 aliphatic rings. The molecule has 1 aromatic heterocycles. The number of ether oxygens (including phenoxy) is 4. The lowest BCUT2D eigenvalue weighted by atomic mass is 9.94. The Morgan fingerprint density at radius 2 is 1.60 bits per heavy atom. The molecular weight excluding hydrogens is 591 g/mol. The Balaban J connectivity index is 2.18. The lowest BCUT2D eigenvalue weighted by Gasteiger charge is -2.50. The van der Waals surface area contributed by atoms with Gasteiger partial charge in [-0.25, -0.2) is 17.9 Å². The first-order chi connectivity index (χ1) is 19.7. The first kappa shape index (κ1) is 34.1. The van der Waals surface area contributed by atoms with Crippen LogP contribution in [0.15, 0.2) is 18.3 Å². The predicted octanol–water partition coefficient (Wildman–Crippen LogP) is 6.05. The zero-order valence-corrected chi connectivity index (χ0v) is 27.2. The Hall–Kier alpha value is -2.42. The standard InChI is InChI=1S/C28H40F3N3O6SSi/c1-14(2)42(15(3)4,16(5)6)41-28-27(38-9)25(26(39-17(7)35)22(40-28)12-23(36)37-8)34-13-21(32-33-34)18-10-19(29)24(31)20(30)11-18/h10-11,13-16,22,25-28H,12H2,1-9H3/t22-,25+,26+,27-,28+/m1/s1. The number of hydrogen-bond acceptors (Lipinski definition) is 9. The molecule has 0 aliphatic carbocycles. The third-order valence-corrected chi connectivity index (χ3v) is 20.5. The van der Waals surface area contributed by atoms with Gasteiger partial charge in [0, 0.05) is 19.6 Å². The van der Waals surface area contributed by atoms with Gasteiger partial charge >= 0.3 is 11.9 Å². The van der Waals surface area contributed by atoms with Crippen molar-refractivity contribution in [3.05, 3.63) is 35.8 Å². The van der Waals surface area contributed by atoms with Gasteiger partial charge < -0.3 is 18.9 Å². The molecule has 0 spiro atoms. The second-order valence-electron chi connectivity index (χ2n) is 11.4. The van der Waals surface area contributed by atoms with E-state index in [1.54, 1.807) is 11.2 Å². The Bertz CT molecular complexity index is 1220. The smallest absolute Gasteiger partial charge is 0.308 e. The number of methoxy groups -OCH3 is 2. The number of benzene rings is 1. The highest BCUT2D eigenvalue weighted by Crippen LogP contribution is 2.53. The van der Waals surface area contributed by atoms with E-state index in [2.05, 4.69) is 51.9 Å². The van der Waals surface area contributed by atoms with Crippen LogP contribution >= 0.6 is 11.2 Å². The normalized spacial score (nSPS) is 23.1. The van der Waals surface area contributed by atoms with Gasteiger partial charge in [-0.3, -0.25) is 9.59 Å². The van der Waals surface area contributed by atoms with E-state index in [9.17, 15) is 22.8 Å². The molecule has 0 bridgehead atoms. The molecule has 0 N–H and O–H groups in total. The number of carbonyl (C=O) groups excluding carboxylic acids is 2. The molecule has 1 fully saturated rings. The van der Waals surface area contributed by atoms with Gasteiger partial charge in [0.15, 0.2) is 23.6 Å². The van der Waals surface area contributed by atoms with E-state index in [4.69, 9.17) is 18.9 Å². The van der Waals surface area contributed by atoms with Gasteiger partial charge in [0.1, 0.15) is 36.6 Å². The monoisotopic (exact) mass is 631 g/mol. The van der Waals surface area contributed by atoms with Crippen LogP contribution in [0.4, 0.5) is 13.2 Å². The van der Waals surface area contributed by atoms with Crippen molar-refractivity contribution in [2.75, 3.05) is 14.2 Å². The van der Waals surface area contributed by atoms with Crippen LogP contribution in [0, 0.1) is 17.5 Å². The number of esters is 2. The molecule has 2 aromatic rings. The fourth-order valence-corrected chi connectivity index (χ4v) is 16.2. The zero-order valence-electron chi connectivity index (χ0n) is 25.4. The molecule has 2 heterocycles. The number of nitrogens with zero attached hydrogens (tertiary/aromatic N) is 3. The van der Waals surface area contributed by atoms with Crippen LogP contribution in [-0.2, 0) is 28.5 Å². The van der Waals surface area contributed by atoms with Crippen molar-refractivity contribution in [1.82, 2.24) is 15.0 Å². The number of halogens is 3. The molecule has 0 radical (unpaired) electrons. The average molecular weight is 632 g/mol.